The molecule has 0 aliphatic carbocycles. The van der Waals surface area contributed by atoms with E-state index in [-0.39, 0.29) is 6.61 Å². The van der Waals surface area contributed by atoms with Crippen molar-refractivity contribution in [3.63, 3.8) is 0 Å². The van der Waals surface area contributed by atoms with Crippen LogP contribution in [0.15, 0.2) is 30.3 Å². The minimum Gasteiger partial charge on any atom is -0.497 e. The molecule has 0 saturated heterocycles. The van der Waals surface area contributed by atoms with E-state index in [1.165, 1.54) is 21.3 Å². The van der Waals surface area contributed by atoms with Crippen molar-refractivity contribution in [2.24, 2.45) is 0 Å². The monoisotopic (exact) mass is 360 g/mol. The van der Waals surface area contributed by atoms with Crippen LogP contribution in [-0.4, -0.2) is 34.4 Å². The van der Waals surface area contributed by atoms with Crippen molar-refractivity contribution in [3.05, 3.63) is 52.6 Å². The van der Waals surface area contributed by atoms with Crippen LogP contribution in [0.1, 0.15) is 27.0 Å². The Morgan fingerprint density at radius 3 is 2.08 bits per heavy atom. The van der Waals surface area contributed by atoms with Crippen LogP contribution in [0.4, 0.5) is 0 Å². The fourth-order valence-corrected chi connectivity index (χ4v) is 2.73. The highest BCUT2D eigenvalue weighted by molar-refractivity contribution is 5.95. The lowest BCUT2D eigenvalue weighted by Gasteiger charge is -2.18. The lowest BCUT2D eigenvalue weighted by Crippen LogP contribution is -2.11. The number of esters is 1. The van der Waals surface area contributed by atoms with Gasteiger partial charge in [-0.2, -0.15) is 0 Å². The average molecular weight is 360 g/mol. The van der Waals surface area contributed by atoms with Gasteiger partial charge in [0.15, 0.2) is 11.5 Å². The molecule has 0 aliphatic heterocycles. The smallest absolute Gasteiger partial charge is 0.342 e. The molecule has 0 N–H and O–H groups in total. The number of carbonyl (C=O) groups is 1. The third kappa shape index (κ3) is 4.26. The van der Waals surface area contributed by atoms with Crippen molar-refractivity contribution in [3.8, 4) is 17.2 Å². The van der Waals surface area contributed by atoms with E-state index in [0.29, 0.717) is 29.2 Å². The molecule has 6 heteroatoms. The normalized spacial score (nSPS) is 10.3. The number of aryl methyl sites for hydroxylation is 1. The first-order valence-electron chi connectivity index (χ1n) is 8.09. The molecule has 0 aromatic heterocycles. The summed E-state index contributed by atoms with van der Waals surface area (Å²) >= 11 is 0. The zero-order valence-electron chi connectivity index (χ0n) is 15.8. The number of rotatable bonds is 8. The maximum Gasteiger partial charge on any atom is 0.342 e. The molecule has 0 saturated carbocycles. The molecular formula is C20H24O6. The van der Waals surface area contributed by atoms with Crippen molar-refractivity contribution in [1.82, 2.24) is 0 Å². The molecule has 0 heterocycles. The van der Waals surface area contributed by atoms with Gasteiger partial charge in [0, 0.05) is 0 Å². The number of hydrogen-bond donors (Lipinski definition) is 0. The van der Waals surface area contributed by atoms with Gasteiger partial charge in [0.25, 0.3) is 0 Å². The van der Waals surface area contributed by atoms with Crippen LogP contribution in [0, 0.1) is 6.92 Å². The molecule has 2 aromatic carbocycles. The second-order valence-corrected chi connectivity index (χ2v) is 5.63. The fourth-order valence-electron chi connectivity index (χ4n) is 2.73. The highest BCUT2D eigenvalue weighted by atomic mass is 16.5. The molecule has 6 nitrogen and oxygen atoms in total. The molecule has 2 rings (SSSR count). The minimum absolute atomic E-state index is 0.234. The Hall–Kier alpha value is -2.73. The predicted octanol–water partition coefficient (Wildman–Crippen LogP) is 3.52. The first kappa shape index (κ1) is 19.6. The van der Waals surface area contributed by atoms with E-state index in [0.717, 1.165) is 16.9 Å². The van der Waals surface area contributed by atoms with Gasteiger partial charge < -0.3 is 23.7 Å². The Bertz CT molecular complexity index is 752. The van der Waals surface area contributed by atoms with Crippen molar-refractivity contribution in [2.45, 2.75) is 20.1 Å². The van der Waals surface area contributed by atoms with E-state index < -0.39 is 5.97 Å². The van der Waals surface area contributed by atoms with Gasteiger partial charge in [-0.15, -0.1) is 0 Å². The zero-order valence-corrected chi connectivity index (χ0v) is 15.8. The Balaban J connectivity index is 2.24. The van der Waals surface area contributed by atoms with Gasteiger partial charge in [0.2, 0.25) is 0 Å². The summed E-state index contributed by atoms with van der Waals surface area (Å²) < 4.78 is 26.6. The highest BCUT2D eigenvalue weighted by Crippen LogP contribution is 2.37. The van der Waals surface area contributed by atoms with Gasteiger partial charge in [-0.05, 0) is 41.8 Å². The Morgan fingerprint density at radius 1 is 0.885 bits per heavy atom. The summed E-state index contributed by atoms with van der Waals surface area (Å²) in [7, 11) is 5.98. The van der Waals surface area contributed by atoms with Crippen molar-refractivity contribution >= 4 is 5.97 Å². The summed E-state index contributed by atoms with van der Waals surface area (Å²) in [5.41, 5.74) is 2.84. The van der Waals surface area contributed by atoms with Crippen LogP contribution in [-0.2, 0) is 22.7 Å². The Kier molecular flexibility index (Phi) is 6.86. The summed E-state index contributed by atoms with van der Waals surface area (Å²) in [6, 6.07) is 9.46. The summed E-state index contributed by atoms with van der Waals surface area (Å²) in [5.74, 6) is 1.15. The number of carbonyl (C=O) groups excluding carboxylic acids is 1. The quantitative estimate of drug-likeness (QED) is 0.671. The topological polar surface area (TPSA) is 63.2 Å². The van der Waals surface area contributed by atoms with Gasteiger partial charge in [-0.3, -0.25) is 0 Å². The molecule has 0 fully saturated rings. The first-order chi connectivity index (χ1) is 12.5. The molecule has 0 amide bonds. The number of ether oxygens (including phenoxy) is 5. The molecule has 140 valence electrons. The first-order valence-corrected chi connectivity index (χ1v) is 8.09. The van der Waals surface area contributed by atoms with E-state index in [1.54, 1.807) is 7.11 Å². The van der Waals surface area contributed by atoms with Crippen molar-refractivity contribution < 1.29 is 28.5 Å². The summed E-state index contributed by atoms with van der Waals surface area (Å²) in [6.45, 7) is 2.52. The standard InChI is InChI=1S/C20H24O6/c1-13-10-15(12-26-11-14-6-8-16(22-2)9-7-14)17(20(21)25-5)19(24-4)18(13)23-3/h6-10H,11-12H2,1-5H3. The third-order valence-corrected chi connectivity index (χ3v) is 3.99. The van der Waals surface area contributed by atoms with Crippen molar-refractivity contribution in [1.29, 1.82) is 0 Å². The molecule has 0 radical (unpaired) electrons. The molecule has 26 heavy (non-hydrogen) atoms. The minimum atomic E-state index is -0.497. The zero-order chi connectivity index (χ0) is 19.1. The Labute approximate surface area is 153 Å². The second kappa shape index (κ2) is 9.10. The maximum absolute atomic E-state index is 12.3. The van der Waals surface area contributed by atoms with Crippen LogP contribution in [0.3, 0.4) is 0 Å². The van der Waals surface area contributed by atoms with E-state index >= 15 is 0 Å². The van der Waals surface area contributed by atoms with Gasteiger partial charge in [0.1, 0.15) is 11.3 Å². The summed E-state index contributed by atoms with van der Waals surface area (Å²) in [4.78, 5) is 12.3. The molecular weight excluding hydrogens is 336 g/mol. The lowest BCUT2D eigenvalue weighted by atomic mass is 10.0. The molecule has 0 spiro atoms. The van der Waals surface area contributed by atoms with Crippen LogP contribution >= 0.6 is 0 Å². The second-order valence-electron chi connectivity index (χ2n) is 5.63. The van der Waals surface area contributed by atoms with Gasteiger partial charge in [-0.25, -0.2) is 4.79 Å². The van der Waals surface area contributed by atoms with Crippen LogP contribution in [0.5, 0.6) is 17.2 Å². The molecule has 0 bridgehead atoms. The third-order valence-electron chi connectivity index (χ3n) is 3.99. The molecule has 0 atom stereocenters. The Morgan fingerprint density at radius 2 is 1.54 bits per heavy atom. The van der Waals surface area contributed by atoms with Gasteiger partial charge in [-0.1, -0.05) is 12.1 Å². The van der Waals surface area contributed by atoms with Crippen molar-refractivity contribution in [2.75, 3.05) is 28.4 Å². The van der Waals surface area contributed by atoms with Crippen LogP contribution in [0.25, 0.3) is 0 Å². The van der Waals surface area contributed by atoms with Gasteiger partial charge in [0.05, 0.1) is 41.7 Å². The maximum atomic E-state index is 12.3. The number of methoxy groups -OCH3 is 4. The van der Waals surface area contributed by atoms with Crippen LogP contribution in [0.2, 0.25) is 0 Å². The molecule has 2 aromatic rings. The fraction of sp³-hybridized carbons (Fsp3) is 0.350. The number of hydrogen-bond acceptors (Lipinski definition) is 6. The molecule has 0 aliphatic rings. The molecule has 0 unspecified atom stereocenters. The van der Waals surface area contributed by atoms with E-state index in [4.69, 9.17) is 23.7 Å². The summed E-state index contributed by atoms with van der Waals surface area (Å²) in [6.07, 6.45) is 0. The van der Waals surface area contributed by atoms with Crippen LogP contribution < -0.4 is 14.2 Å². The SMILES string of the molecule is COC(=O)c1c(COCc2ccc(OC)cc2)cc(C)c(OC)c1OC. The summed E-state index contributed by atoms with van der Waals surface area (Å²) in [5, 5.41) is 0. The average Bonchev–Trinajstić information content (AvgIpc) is 2.67. The van der Waals surface area contributed by atoms with E-state index in [9.17, 15) is 4.79 Å². The van der Waals surface area contributed by atoms with E-state index in [1.807, 2.05) is 37.3 Å². The number of benzene rings is 2. The predicted molar refractivity (Wildman–Crippen MR) is 97.1 cm³/mol. The van der Waals surface area contributed by atoms with E-state index in [2.05, 4.69) is 0 Å². The lowest BCUT2D eigenvalue weighted by molar-refractivity contribution is 0.0585. The largest absolute Gasteiger partial charge is 0.497 e. The highest BCUT2D eigenvalue weighted by Gasteiger charge is 2.24. The van der Waals surface area contributed by atoms with Gasteiger partial charge >= 0.3 is 5.97 Å².